The van der Waals surface area contributed by atoms with Crippen LogP contribution in [0, 0.1) is 0 Å². The summed E-state index contributed by atoms with van der Waals surface area (Å²) in [5.41, 5.74) is 2.18. The maximum absolute atomic E-state index is 12.4. The Hall–Kier alpha value is -3.22. The number of aromatic nitrogens is 2. The Labute approximate surface area is 145 Å². The molecule has 0 unspecified atom stereocenters. The molecule has 1 heterocycles. The van der Waals surface area contributed by atoms with Gasteiger partial charge in [0.2, 0.25) is 5.95 Å². The van der Waals surface area contributed by atoms with Crippen molar-refractivity contribution < 1.29 is 9.47 Å². The fourth-order valence-electron chi connectivity index (χ4n) is 2.50. The van der Waals surface area contributed by atoms with E-state index in [2.05, 4.69) is 15.3 Å². The highest BCUT2D eigenvalue weighted by Crippen LogP contribution is 2.30. The maximum atomic E-state index is 12.4. The summed E-state index contributed by atoms with van der Waals surface area (Å²) in [5, 5.41) is 3.55. The van der Waals surface area contributed by atoms with Gasteiger partial charge >= 0.3 is 0 Å². The van der Waals surface area contributed by atoms with Crippen LogP contribution in [0.1, 0.15) is 0 Å². The van der Waals surface area contributed by atoms with E-state index >= 15 is 0 Å². The fraction of sp³-hybridized carbons (Fsp3) is 0.222. The first kappa shape index (κ1) is 16.6. The summed E-state index contributed by atoms with van der Waals surface area (Å²) >= 11 is 0. The summed E-state index contributed by atoms with van der Waals surface area (Å²) < 4.78 is 10.5. The maximum Gasteiger partial charge on any atom is 0.260 e. The third kappa shape index (κ3) is 3.35. The Morgan fingerprint density at radius 2 is 1.68 bits per heavy atom. The molecule has 25 heavy (non-hydrogen) atoms. The number of H-pyrrole nitrogens is 1. The van der Waals surface area contributed by atoms with E-state index in [0.29, 0.717) is 28.4 Å². The van der Waals surface area contributed by atoms with Gasteiger partial charge in [0.25, 0.3) is 5.56 Å². The zero-order chi connectivity index (χ0) is 18.0. The zero-order valence-corrected chi connectivity index (χ0v) is 14.6. The van der Waals surface area contributed by atoms with Gasteiger partial charge in [-0.15, -0.1) is 0 Å². The van der Waals surface area contributed by atoms with E-state index in [0.717, 1.165) is 11.4 Å². The van der Waals surface area contributed by atoms with Crippen molar-refractivity contribution in [1.82, 2.24) is 9.97 Å². The molecule has 0 bridgehead atoms. The van der Waals surface area contributed by atoms with Gasteiger partial charge in [0, 0.05) is 31.5 Å². The number of methoxy groups -OCH3 is 2. The molecular weight excluding hydrogens is 320 g/mol. The highest BCUT2D eigenvalue weighted by Gasteiger charge is 2.11. The Bertz CT molecular complexity index is 949. The first-order valence-electron chi connectivity index (χ1n) is 7.72. The quantitative estimate of drug-likeness (QED) is 0.743. The molecule has 0 fully saturated rings. The molecule has 7 nitrogen and oxygen atoms in total. The minimum Gasteiger partial charge on any atom is -0.493 e. The molecule has 0 amide bonds. The molecule has 0 spiro atoms. The van der Waals surface area contributed by atoms with Crippen molar-refractivity contribution in [2.24, 2.45) is 0 Å². The molecule has 2 N–H and O–H groups in total. The van der Waals surface area contributed by atoms with Crippen molar-refractivity contribution in [3.05, 3.63) is 46.8 Å². The monoisotopic (exact) mass is 340 g/mol. The molecule has 0 aliphatic rings. The van der Waals surface area contributed by atoms with Crippen LogP contribution >= 0.6 is 0 Å². The number of fused-ring (bicyclic) bond motifs is 1. The summed E-state index contributed by atoms with van der Waals surface area (Å²) in [6.45, 7) is 0. The van der Waals surface area contributed by atoms with Gasteiger partial charge in [-0.1, -0.05) is 0 Å². The second kappa shape index (κ2) is 6.72. The molecule has 0 saturated heterocycles. The summed E-state index contributed by atoms with van der Waals surface area (Å²) in [6, 6.07) is 11.1. The number of nitrogens with one attached hydrogen (secondary N) is 2. The smallest absolute Gasteiger partial charge is 0.260 e. The van der Waals surface area contributed by atoms with Crippen molar-refractivity contribution >= 4 is 28.2 Å². The Morgan fingerprint density at radius 3 is 2.28 bits per heavy atom. The van der Waals surface area contributed by atoms with E-state index in [9.17, 15) is 4.79 Å². The number of hydrogen-bond donors (Lipinski definition) is 2. The SMILES string of the molecule is COc1cc2nc(Nc3ccc(N(C)C)cc3)[nH]c(=O)c2cc1OC. The second-order valence-corrected chi connectivity index (χ2v) is 5.71. The lowest BCUT2D eigenvalue weighted by Crippen LogP contribution is -2.12. The van der Waals surface area contributed by atoms with E-state index in [4.69, 9.17) is 9.47 Å². The Morgan fingerprint density at radius 1 is 1.04 bits per heavy atom. The number of benzene rings is 2. The Balaban J connectivity index is 1.98. The molecule has 0 aliphatic carbocycles. The Kier molecular flexibility index (Phi) is 4.47. The predicted octanol–water partition coefficient (Wildman–Crippen LogP) is 2.75. The highest BCUT2D eigenvalue weighted by molar-refractivity contribution is 5.83. The largest absolute Gasteiger partial charge is 0.493 e. The molecule has 3 aromatic rings. The molecule has 0 atom stereocenters. The van der Waals surface area contributed by atoms with Gasteiger partial charge < -0.3 is 19.7 Å². The lowest BCUT2D eigenvalue weighted by molar-refractivity contribution is 0.355. The summed E-state index contributed by atoms with van der Waals surface area (Å²) in [7, 11) is 7.03. The van der Waals surface area contributed by atoms with Crippen LogP contribution in [0.2, 0.25) is 0 Å². The zero-order valence-electron chi connectivity index (χ0n) is 14.6. The van der Waals surface area contributed by atoms with Crippen molar-refractivity contribution in [2.45, 2.75) is 0 Å². The molecule has 130 valence electrons. The van der Waals surface area contributed by atoms with Gasteiger partial charge in [0.05, 0.1) is 25.1 Å². The van der Waals surface area contributed by atoms with Crippen LogP contribution < -0.4 is 25.2 Å². The first-order valence-corrected chi connectivity index (χ1v) is 7.72. The minimum atomic E-state index is -0.252. The number of nitrogens with zero attached hydrogens (tertiary/aromatic N) is 2. The average molecular weight is 340 g/mol. The van der Waals surface area contributed by atoms with Crippen LogP contribution in [0.3, 0.4) is 0 Å². The minimum absolute atomic E-state index is 0.252. The molecule has 7 heteroatoms. The predicted molar refractivity (Wildman–Crippen MR) is 99.5 cm³/mol. The molecular formula is C18H20N4O3. The first-order chi connectivity index (χ1) is 12.0. The van der Waals surface area contributed by atoms with E-state index < -0.39 is 0 Å². The van der Waals surface area contributed by atoms with Crippen molar-refractivity contribution in [3.8, 4) is 11.5 Å². The van der Waals surface area contributed by atoms with Crippen LogP contribution in [-0.4, -0.2) is 38.3 Å². The lowest BCUT2D eigenvalue weighted by atomic mass is 10.2. The van der Waals surface area contributed by atoms with E-state index in [1.165, 1.54) is 7.11 Å². The molecule has 3 rings (SSSR count). The molecule has 0 radical (unpaired) electrons. The normalized spacial score (nSPS) is 10.6. The van der Waals surface area contributed by atoms with Gasteiger partial charge in [0.15, 0.2) is 11.5 Å². The third-order valence-corrected chi connectivity index (χ3v) is 3.86. The molecule has 1 aromatic heterocycles. The summed E-state index contributed by atoms with van der Waals surface area (Å²) in [6.07, 6.45) is 0. The van der Waals surface area contributed by atoms with E-state index in [1.54, 1.807) is 19.2 Å². The van der Waals surface area contributed by atoms with Gasteiger partial charge in [-0.2, -0.15) is 0 Å². The lowest BCUT2D eigenvalue weighted by Gasteiger charge is -2.13. The molecule has 2 aromatic carbocycles. The highest BCUT2D eigenvalue weighted by atomic mass is 16.5. The summed E-state index contributed by atoms with van der Waals surface area (Å²) in [4.78, 5) is 21.6. The average Bonchev–Trinajstić information content (AvgIpc) is 2.61. The molecule has 0 aliphatic heterocycles. The number of hydrogen-bond acceptors (Lipinski definition) is 6. The third-order valence-electron chi connectivity index (χ3n) is 3.86. The fourth-order valence-corrected chi connectivity index (χ4v) is 2.50. The van der Waals surface area contributed by atoms with E-state index in [-0.39, 0.29) is 5.56 Å². The second-order valence-electron chi connectivity index (χ2n) is 5.71. The van der Waals surface area contributed by atoms with Crippen LogP contribution in [0.25, 0.3) is 10.9 Å². The van der Waals surface area contributed by atoms with Crippen molar-refractivity contribution in [1.29, 1.82) is 0 Å². The van der Waals surface area contributed by atoms with Gasteiger partial charge in [-0.3, -0.25) is 9.78 Å². The van der Waals surface area contributed by atoms with Crippen molar-refractivity contribution in [3.63, 3.8) is 0 Å². The van der Waals surface area contributed by atoms with Gasteiger partial charge in [-0.25, -0.2) is 4.98 Å². The number of ether oxygens (including phenoxy) is 2. The number of aromatic amines is 1. The number of rotatable bonds is 5. The van der Waals surface area contributed by atoms with Crippen LogP contribution in [0.5, 0.6) is 11.5 Å². The van der Waals surface area contributed by atoms with E-state index in [1.807, 2.05) is 43.3 Å². The molecule has 0 saturated carbocycles. The number of anilines is 3. The van der Waals surface area contributed by atoms with Crippen LogP contribution in [0.15, 0.2) is 41.2 Å². The standard InChI is InChI=1S/C18H20N4O3/c1-22(2)12-7-5-11(6-8-12)19-18-20-14-10-16(25-4)15(24-3)9-13(14)17(23)21-18/h5-10H,1-4H3,(H2,19,20,21,23). The topological polar surface area (TPSA) is 79.5 Å². The van der Waals surface area contributed by atoms with Gasteiger partial charge in [-0.05, 0) is 30.3 Å². The van der Waals surface area contributed by atoms with Crippen LogP contribution in [-0.2, 0) is 0 Å². The van der Waals surface area contributed by atoms with Crippen LogP contribution in [0.4, 0.5) is 17.3 Å². The van der Waals surface area contributed by atoms with Crippen molar-refractivity contribution in [2.75, 3.05) is 38.5 Å². The van der Waals surface area contributed by atoms with Gasteiger partial charge in [0.1, 0.15) is 0 Å². The summed E-state index contributed by atoms with van der Waals surface area (Å²) in [5.74, 6) is 1.37.